The highest BCUT2D eigenvalue weighted by atomic mass is 32.2. The molecule has 5 fully saturated rings. The molecule has 1 saturated carbocycles. The molecule has 1 aliphatic carbocycles. The van der Waals surface area contributed by atoms with E-state index in [1.165, 1.54) is 10.6 Å². The molecule has 4 saturated heterocycles. The highest BCUT2D eigenvalue weighted by Crippen LogP contribution is 2.38. The number of urea groups is 1. The van der Waals surface area contributed by atoms with Crippen LogP contribution < -0.4 is 26.2 Å². The number of alkyl halides is 3. The first-order valence-corrected chi connectivity index (χ1v) is 23.7. The third kappa shape index (κ3) is 11.5. The molecular formula is C44H56F3N11O7S. The van der Waals surface area contributed by atoms with E-state index >= 15 is 0 Å². The third-order valence-corrected chi connectivity index (χ3v) is 14.6. The van der Waals surface area contributed by atoms with Gasteiger partial charge in [0.25, 0.3) is 0 Å². The summed E-state index contributed by atoms with van der Waals surface area (Å²) in [5.74, 6) is 0.928. The van der Waals surface area contributed by atoms with Gasteiger partial charge in [-0.1, -0.05) is 12.5 Å². The van der Waals surface area contributed by atoms with E-state index in [1.807, 2.05) is 28.8 Å². The van der Waals surface area contributed by atoms with Crippen molar-refractivity contribution in [1.82, 2.24) is 45.3 Å². The molecule has 4 aliphatic heterocycles. The van der Waals surface area contributed by atoms with Crippen LogP contribution in [0.1, 0.15) is 62.5 Å². The summed E-state index contributed by atoms with van der Waals surface area (Å²) >= 11 is 1.89. The number of allylic oxidation sites excluding steroid dienone is 1. The predicted molar refractivity (Wildman–Crippen MR) is 239 cm³/mol. The molecule has 0 spiro atoms. The molecule has 22 heteroatoms. The van der Waals surface area contributed by atoms with E-state index in [9.17, 15) is 37.1 Å². The quantitative estimate of drug-likeness (QED) is 0.0958. The minimum absolute atomic E-state index is 0.0657. The molecule has 3 aromatic rings. The Labute approximate surface area is 384 Å². The summed E-state index contributed by atoms with van der Waals surface area (Å²) in [5.41, 5.74) is 0.0233. The fraction of sp³-hybridized carbons (Fsp3) is 0.591. The van der Waals surface area contributed by atoms with Gasteiger partial charge in [0.2, 0.25) is 11.8 Å². The number of ether oxygens (including phenoxy) is 2. The van der Waals surface area contributed by atoms with Crippen molar-refractivity contribution in [2.75, 3.05) is 82.1 Å². The van der Waals surface area contributed by atoms with Gasteiger partial charge in [-0.3, -0.25) is 24.6 Å². The largest absolute Gasteiger partial charge is 0.453 e. The lowest BCUT2D eigenvalue weighted by atomic mass is 9.79. The number of carbonyl (C=O) groups excluding carboxylic acids is 5. The number of Topliss-reactive ketones (excluding diaryl/α,β-unsaturated/α-hetero) is 1. The number of aromatic nitrogens is 4. The fourth-order valence-corrected chi connectivity index (χ4v) is 11.0. The number of fused-ring (bicyclic) bond motifs is 2. The van der Waals surface area contributed by atoms with Crippen LogP contribution in [-0.2, 0) is 36.6 Å². The van der Waals surface area contributed by atoms with Gasteiger partial charge in [0.1, 0.15) is 17.1 Å². The van der Waals surface area contributed by atoms with Crippen molar-refractivity contribution in [2.24, 2.45) is 11.8 Å². The van der Waals surface area contributed by atoms with E-state index in [0.29, 0.717) is 87.8 Å². The predicted octanol–water partition coefficient (Wildman–Crippen LogP) is 4.24. The van der Waals surface area contributed by atoms with E-state index < -0.39 is 17.8 Å². The molecular weight excluding hydrogens is 884 g/mol. The van der Waals surface area contributed by atoms with Crippen LogP contribution in [0.4, 0.5) is 34.4 Å². The Morgan fingerprint density at radius 1 is 1.02 bits per heavy atom. The van der Waals surface area contributed by atoms with Crippen LogP contribution in [0.5, 0.6) is 0 Å². The number of carbonyl (C=O) groups is 5. The number of thioether (sulfide) groups is 1. The molecule has 7 heterocycles. The van der Waals surface area contributed by atoms with Crippen molar-refractivity contribution in [1.29, 1.82) is 0 Å². The van der Waals surface area contributed by atoms with Crippen LogP contribution in [0.2, 0.25) is 0 Å². The van der Waals surface area contributed by atoms with Gasteiger partial charge in [0, 0.05) is 81.5 Å². The molecule has 3 aromatic heterocycles. The van der Waals surface area contributed by atoms with Gasteiger partial charge >= 0.3 is 18.3 Å². The number of piperazine rings is 1. The van der Waals surface area contributed by atoms with Crippen molar-refractivity contribution in [3.63, 3.8) is 0 Å². The second kappa shape index (κ2) is 21.0. The lowest BCUT2D eigenvalue weighted by molar-refractivity contribution is -0.137. The first kappa shape index (κ1) is 47.0. The number of halogens is 3. The Balaban J connectivity index is 0.785. The molecule has 66 heavy (non-hydrogen) atoms. The number of pyridine rings is 1. The Kier molecular flexibility index (Phi) is 15.0. The summed E-state index contributed by atoms with van der Waals surface area (Å²) in [6.45, 7) is 4.19. The van der Waals surface area contributed by atoms with Crippen LogP contribution in [0.15, 0.2) is 36.7 Å². The first-order chi connectivity index (χ1) is 31.8. The molecule has 5 amide bonds. The Bertz CT molecular complexity index is 2290. The van der Waals surface area contributed by atoms with Gasteiger partial charge < -0.3 is 35.2 Å². The molecule has 1 unspecified atom stereocenters. The summed E-state index contributed by atoms with van der Waals surface area (Å²) in [4.78, 5) is 76.5. The van der Waals surface area contributed by atoms with E-state index in [0.717, 1.165) is 75.6 Å². The maximum Gasteiger partial charge on any atom is 0.417 e. The minimum Gasteiger partial charge on any atom is -0.453 e. The summed E-state index contributed by atoms with van der Waals surface area (Å²) in [6.07, 6.45) is 7.07. The third-order valence-electron chi connectivity index (χ3n) is 13.1. The van der Waals surface area contributed by atoms with Crippen molar-refractivity contribution >= 4 is 58.6 Å². The lowest BCUT2D eigenvalue weighted by Crippen LogP contribution is -2.50. The number of unbranched alkanes of at least 4 members (excludes halogenated alkanes) is 1. The van der Waals surface area contributed by atoms with E-state index in [1.54, 1.807) is 11.1 Å². The lowest BCUT2D eigenvalue weighted by Gasteiger charge is -2.34. The number of morpholine rings is 1. The Hall–Kier alpha value is -5.48. The molecule has 0 radical (unpaired) electrons. The molecule has 356 valence electrons. The van der Waals surface area contributed by atoms with Crippen LogP contribution in [-0.4, -0.2) is 148 Å². The molecule has 5 aliphatic rings. The number of hydrogen-bond acceptors (Lipinski definition) is 13. The summed E-state index contributed by atoms with van der Waals surface area (Å²) < 4.78 is 54.8. The van der Waals surface area contributed by atoms with Crippen LogP contribution in [0, 0.1) is 11.8 Å². The maximum absolute atomic E-state index is 14.4. The van der Waals surface area contributed by atoms with Gasteiger partial charge in [0.15, 0.2) is 11.6 Å². The smallest absolute Gasteiger partial charge is 0.417 e. The highest BCUT2D eigenvalue weighted by Gasteiger charge is 2.42. The number of hydrogen-bond donors (Lipinski definition) is 4. The van der Waals surface area contributed by atoms with Crippen molar-refractivity contribution in [2.45, 2.75) is 81.4 Å². The second-order valence-electron chi connectivity index (χ2n) is 17.4. The van der Waals surface area contributed by atoms with Crippen molar-refractivity contribution in [3.8, 4) is 11.4 Å². The van der Waals surface area contributed by atoms with Crippen LogP contribution >= 0.6 is 11.8 Å². The van der Waals surface area contributed by atoms with E-state index in [-0.39, 0.29) is 65.5 Å². The number of nitrogens with zero attached hydrogens (tertiary/aromatic N) is 7. The number of amides is 5. The van der Waals surface area contributed by atoms with Crippen molar-refractivity contribution in [3.05, 3.63) is 47.8 Å². The molecule has 8 rings (SSSR count). The zero-order valence-corrected chi connectivity index (χ0v) is 37.6. The average Bonchev–Trinajstić information content (AvgIpc) is 4.02. The van der Waals surface area contributed by atoms with Gasteiger partial charge in [-0.15, -0.1) is 5.10 Å². The topological polar surface area (TPSA) is 205 Å². The number of ketones is 1. The standard InChI is InChI=1S/C44H56F3N11O7S/c1-64-43(63)51-36-21-31(44(45,46)47)30(22-48-36)40-53-41(57-16-18-65-19-17-57)33-20-28(25-58(33)54-40)24-55-12-14-56(15-13-55)38(61)23-49-37(60)11-8-27-6-9-29(10-7-27)34(59)4-2-3-5-35-39-32(26-66-35)50-42(62)52-39/h8,11,20-22,25,27,29,32,35,39H,2-7,9-10,12-19,23-24,26H2,1H3,(H,49,60)(H,48,51,63)(H2,50,52,62)/b11-8+/t27?,29?,32?,35-,39-/m0/s1. The average molecular weight is 940 g/mol. The molecule has 3 atom stereocenters. The van der Waals surface area contributed by atoms with Gasteiger partial charge in [0.05, 0.1) is 50.1 Å². The summed E-state index contributed by atoms with van der Waals surface area (Å²) in [6, 6.07) is 2.96. The van der Waals surface area contributed by atoms with Gasteiger partial charge in [-0.25, -0.2) is 24.1 Å². The normalized spacial score (nSPS) is 23.7. The van der Waals surface area contributed by atoms with E-state index in [4.69, 9.17) is 4.74 Å². The second-order valence-corrected chi connectivity index (χ2v) is 18.7. The number of methoxy groups -OCH3 is 1. The molecule has 0 bridgehead atoms. The van der Waals surface area contributed by atoms with Gasteiger partial charge in [-0.2, -0.15) is 24.9 Å². The summed E-state index contributed by atoms with van der Waals surface area (Å²) in [5, 5.41) is 15.8. The molecule has 18 nitrogen and oxygen atoms in total. The van der Waals surface area contributed by atoms with Gasteiger partial charge in [-0.05, 0) is 68.2 Å². The van der Waals surface area contributed by atoms with Crippen LogP contribution in [0.3, 0.4) is 0 Å². The number of rotatable bonds is 15. The zero-order chi connectivity index (χ0) is 46.4. The molecule has 0 aromatic carbocycles. The van der Waals surface area contributed by atoms with Crippen LogP contribution in [0.25, 0.3) is 16.9 Å². The SMILES string of the molecule is COC(=O)Nc1cc(C(F)(F)F)c(-c2nc(N3CCOCC3)c3cc(CN4CCN(C(=O)CNC(=O)/C=C/C5CCC(C(=O)CCCC[C@@H]6SCC7NC(=O)N[C@@H]76)CC5)CC4)cn3n2)cn1. The van der Waals surface area contributed by atoms with Crippen molar-refractivity contribution < 1.29 is 46.6 Å². The van der Waals surface area contributed by atoms with E-state index in [2.05, 4.69) is 46.0 Å². The Morgan fingerprint density at radius 3 is 2.53 bits per heavy atom. The zero-order valence-electron chi connectivity index (χ0n) is 36.8. The molecule has 4 N–H and O–H groups in total. The monoisotopic (exact) mass is 939 g/mol. The fourth-order valence-electron chi connectivity index (χ4n) is 9.43. The first-order valence-electron chi connectivity index (χ1n) is 22.6. The minimum atomic E-state index is -4.82. The Morgan fingerprint density at radius 2 is 1.79 bits per heavy atom. The number of nitrogens with one attached hydrogen (secondary N) is 4. The highest BCUT2D eigenvalue weighted by molar-refractivity contribution is 8.00. The number of anilines is 2. The maximum atomic E-state index is 14.4. The summed E-state index contributed by atoms with van der Waals surface area (Å²) in [7, 11) is 1.09.